The number of aryl methyl sites for hydroxylation is 1. The van der Waals surface area contributed by atoms with Gasteiger partial charge in [0.2, 0.25) is 5.88 Å². The van der Waals surface area contributed by atoms with Gasteiger partial charge < -0.3 is 24.8 Å². The van der Waals surface area contributed by atoms with Crippen LogP contribution < -0.4 is 20.1 Å². The van der Waals surface area contributed by atoms with E-state index in [1.165, 1.54) is 6.33 Å². The fraction of sp³-hybridized carbons (Fsp3) is 0.394. The summed E-state index contributed by atoms with van der Waals surface area (Å²) in [6.07, 6.45) is 4.15. The van der Waals surface area contributed by atoms with Crippen LogP contribution in [0.1, 0.15) is 43.1 Å². The SMILES string of the molecule is Cc1cc(Nc2ncnc3cnc(OCCCN4CCOCC4)cc23)ccc1Oc1ccc(C(=O)NCC(C)(C)C)cc1. The Bertz CT molecular complexity index is 1530. The average molecular weight is 585 g/mol. The van der Waals surface area contributed by atoms with Gasteiger partial charge in [0.1, 0.15) is 23.6 Å². The van der Waals surface area contributed by atoms with E-state index in [0.717, 1.165) is 67.2 Å². The third kappa shape index (κ3) is 8.62. The van der Waals surface area contributed by atoms with Gasteiger partial charge in [0.15, 0.2) is 0 Å². The number of carbonyl (C=O) groups excluding carboxylic acids is 1. The van der Waals surface area contributed by atoms with Gasteiger partial charge in [0.25, 0.3) is 5.91 Å². The Hall–Kier alpha value is -4.28. The van der Waals surface area contributed by atoms with Gasteiger partial charge in [-0.2, -0.15) is 0 Å². The molecule has 1 amide bonds. The Kier molecular flexibility index (Phi) is 9.68. The molecule has 0 spiro atoms. The lowest BCUT2D eigenvalue weighted by Gasteiger charge is -2.26. The van der Waals surface area contributed by atoms with E-state index >= 15 is 0 Å². The van der Waals surface area contributed by atoms with E-state index in [-0.39, 0.29) is 11.3 Å². The van der Waals surface area contributed by atoms with Crippen LogP contribution in [0, 0.1) is 12.3 Å². The van der Waals surface area contributed by atoms with Crippen molar-refractivity contribution in [1.82, 2.24) is 25.2 Å². The molecule has 2 N–H and O–H groups in total. The van der Waals surface area contributed by atoms with Gasteiger partial charge in [-0.05, 0) is 66.8 Å². The highest BCUT2D eigenvalue weighted by molar-refractivity contribution is 5.94. The molecule has 5 rings (SSSR count). The molecule has 2 aromatic carbocycles. The molecule has 0 saturated carbocycles. The molecule has 0 aliphatic carbocycles. The number of anilines is 2. The lowest BCUT2D eigenvalue weighted by molar-refractivity contribution is 0.0357. The Balaban J connectivity index is 1.20. The standard InChI is InChI=1S/C33H40N6O4/c1-23-18-25(8-11-29(23)43-26-9-6-24(7-10-26)32(40)35-21-33(2,3)4)38-31-27-19-30(34-20-28(27)36-22-37-31)42-15-5-12-39-13-16-41-17-14-39/h6-11,18-20,22H,5,12-17,21H2,1-4H3,(H,35,40)(H,36,37,38). The highest BCUT2D eigenvalue weighted by Gasteiger charge is 2.14. The summed E-state index contributed by atoms with van der Waals surface area (Å²) in [5.74, 6) is 2.50. The highest BCUT2D eigenvalue weighted by atomic mass is 16.5. The molecule has 226 valence electrons. The number of aromatic nitrogens is 3. The number of hydrogen-bond donors (Lipinski definition) is 2. The maximum atomic E-state index is 12.4. The van der Waals surface area contributed by atoms with Crippen LogP contribution in [0.15, 0.2) is 61.1 Å². The van der Waals surface area contributed by atoms with Crippen molar-refractivity contribution in [1.29, 1.82) is 0 Å². The molecule has 2 aromatic heterocycles. The zero-order chi connectivity index (χ0) is 30.2. The maximum absolute atomic E-state index is 12.4. The molecule has 1 fully saturated rings. The second-order valence-corrected chi connectivity index (χ2v) is 11.9. The topological polar surface area (TPSA) is 111 Å². The fourth-order valence-electron chi connectivity index (χ4n) is 4.64. The van der Waals surface area contributed by atoms with E-state index in [2.05, 4.69) is 51.3 Å². The van der Waals surface area contributed by atoms with E-state index < -0.39 is 0 Å². The van der Waals surface area contributed by atoms with Gasteiger partial charge in [-0.3, -0.25) is 9.69 Å². The van der Waals surface area contributed by atoms with E-state index in [1.807, 2.05) is 31.2 Å². The van der Waals surface area contributed by atoms with Crippen LogP contribution in [0.2, 0.25) is 0 Å². The van der Waals surface area contributed by atoms with Crippen molar-refractivity contribution >= 4 is 28.3 Å². The van der Waals surface area contributed by atoms with Crippen molar-refractivity contribution in [3.05, 3.63) is 72.2 Å². The molecule has 1 saturated heterocycles. The van der Waals surface area contributed by atoms with E-state index in [0.29, 0.717) is 36.2 Å². The maximum Gasteiger partial charge on any atom is 0.251 e. The summed E-state index contributed by atoms with van der Waals surface area (Å²) in [6, 6.07) is 14.9. The van der Waals surface area contributed by atoms with Crippen molar-refractivity contribution in [2.45, 2.75) is 34.1 Å². The number of carbonyl (C=O) groups is 1. The summed E-state index contributed by atoms with van der Waals surface area (Å²) >= 11 is 0. The molecular weight excluding hydrogens is 544 g/mol. The van der Waals surface area contributed by atoms with Crippen LogP contribution in [-0.2, 0) is 4.74 Å². The summed E-state index contributed by atoms with van der Waals surface area (Å²) in [7, 11) is 0. The number of hydrogen-bond acceptors (Lipinski definition) is 9. The number of nitrogens with zero attached hydrogens (tertiary/aromatic N) is 4. The Morgan fingerprint density at radius 2 is 1.81 bits per heavy atom. The Morgan fingerprint density at radius 3 is 2.56 bits per heavy atom. The Morgan fingerprint density at radius 1 is 1.02 bits per heavy atom. The highest BCUT2D eigenvalue weighted by Crippen LogP contribution is 2.30. The van der Waals surface area contributed by atoms with Gasteiger partial charge in [-0.1, -0.05) is 20.8 Å². The predicted octanol–water partition coefficient (Wildman–Crippen LogP) is 5.75. The molecule has 1 aliphatic rings. The summed E-state index contributed by atoms with van der Waals surface area (Å²) in [5.41, 5.74) is 3.16. The summed E-state index contributed by atoms with van der Waals surface area (Å²) in [6.45, 7) is 13.9. The summed E-state index contributed by atoms with van der Waals surface area (Å²) in [4.78, 5) is 28.1. The minimum absolute atomic E-state index is 0.0234. The molecule has 0 atom stereocenters. The zero-order valence-corrected chi connectivity index (χ0v) is 25.4. The minimum Gasteiger partial charge on any atom is -0.478 e. The van der Waals surface area contributed by atoms with Crippen LogP contribution in [0.5, 0.6) is 17.4 Å². The van der Waals surface area contributed by atoms with Gasteiger partial charge in [-0.25, -0.2) is 15.0 Å². The fourth-order valence-corrected chi connectivity index (χ4v) is 4.64. The molecule has 3 heterocycles. The number of amides is 1. The first-order valence-electron chi connectivity index (χ1n) is 14.7. The van der Waals surface area contributed by atoms with Gasteiger partial charge in [0.05, 0.1) is 31.5 Å². The van der Waals surface area contributed by atoms with Crippen molar-refractivity contribution in [3.63, 3.8) is 0 Å². The van der Waals surface area contributed by atoms with Crippen LogP contribution >= 0.6 is 0 Å². The van der Waals surface area contributed by atoms with E-state index in [4.69, 9.17) is 14.2 Å². The van der Waals surface area contributed by atoms with Crippen molar-refractivity contribution in [2.24, 2.45) is 5.41 Å². The number of ether oxygens (including phenoxy) is 3. The molecule has 0 radical (unpaired) electrons. The first-order chi connectivity index (χ1) is 20.7. The van der Waals surface area contributed by atoms with Gasteiger partial charge >= 0.3 is 0 Å². The number of benzene rings is 2. The minimum atomic E-state index is -0.0939. The molecule has 1 aliphatic heterocycles. The largest absolute Gasteiger partial charge is 0.478 e. The predicted molar refractivity (Wildman–Crippen MR) is 167 cm³/mol. The van der Waals surface area contributed by atoms with E-state index in [9.17, 15) is 4.79 Å². The summed E-state index contributed by atoms with van der Waals surface area (Å²) < 4.78 is 17.5. The molecule has 10 heteroatoms. The third-order valence-electron chi connectivity index (χ3n) is 7.03. The second kappa shape index (κ2) is 13.8. The van der Waals surface area contributed by atoms with Crippen LogP contribution in [-0.4, -0.2) is 71.8 Å². The van der Waals surface area contributed by atoms with Crippen molar-refractivity contribution < 1.29 is 19.0 Å². The normalized spacial score (nSPS) is 14.0. The number of fused-ring (bicyclic) bond motifs is 1. The van der Waals surface area contributed by atoms with Crippen LogP contribution in [0.3, 0.4) is 0 Å². The molecule has 0 bridgehead atoms. The molecular formula is C33H40N6O4. The van der Waals surface area contributed by atoms with Crippen LogP contribution in [0.4, 0.5) is 11.5 Å². The quantitative estimate of drug-likeness (QED) is 0.213. The first-order valence-corrected chi connectivity index (χ1v) is 14.7. The average Bonchev–Trinajstić information content (AvgIpc) is 3.00. The third-order valence-corrected chi connectivity index (χ3v) is 7.03. The zero-order valence-electron chi connectivity index (χ0n) is 25.4. The van der Waals surface area contributed by atoms with Crippen molar-refractivity contribution in [2.75, 3.05) is 51.3 Å². The van der Waals surface area contributed by atoms with Gasteiger partial charge in [-0.15, -0.1) is 0 Å². The molecule has 10 nitrogen and oxygen atoms in total. The van der Waals surface area contributed by atoms with Gasteiger partial charge in [0, 0.05) is 48.9 Å². The molecule has 43 heavy (non-hydrogen) atoms. The van der Waals surface area contributed by atoms with E-state index in [1.54, 1.807) is 30.5 Å². The van der Waals surface area contributed by atoms with Crippen LogP contribution in [0.25, 0.3) is 10.9 Å². The number of rotatable bonds is 11. The Labute approximate surface area is 252 Å². The number of pyridine rings is 1. The second-order valence-electron chi connectivity index (χ2n) is 11.9. The lowest BCUT2D eigenvalue weighted by Crippen LogP contribution is -2.37. The summed E-state index contributed by atoms with van der Waals surface area (Å²) in [5, 5.41) is 7.20. The first kappa shape index (κ1) is 30.2. The number of morpholine rings is 1. The smallest absolute Gasteiger partial charge is 0.251 e. The van der Waals surface area contributed by atoms with Crippen molar-refractivity contribution in [3.8, 4) is 17.4 Å². The lowest BCUT2D eigenvalue weighted by atomic mass is 9.97. The molecule has 4 aromatic rings. The number of nitrogens with one attached hydrogen (secondary N) is 2. The molecule has 0 unspecified atom stereocenters. The monoisotopic (exact) mass is 584 g/mol.